The van der Waals surface area contributed by atoms with E-state index in [4.69, 9.17) is 0 Å². The maximum atomic E-state index is 11.9. The third-order valence-corrected chi connectivity index (χ3v) is 8.32. The summed E-state index contributed by atoms with van der Waals surface area (Å²) < 4.78 is 0. The highest BCUT2D eigenvalue weighted by Gasteiger charge is 2.59. The van der Waals surface area contributed by atoms with Crippen molar-refractivity contribution in [3.8, 4) is 0 Å². The fraction of sp³-hybridized carbons (Fsp3) is 0.762. The largest absolute Gasteiger partial charge is 0.392 e. The number of aliphatic hydroxyl groups excluding tert-OH is 1. The maximum absolute atomic E-state index is 11.9. The lowest BCUT2D eigenvalue weighted by Gasteiger charge is -2.57. The molecule has 4 aliphatic carbocycles. The van der Waals surface area contributed by atoms with E-state index in [1.165, 1.54) is 32.1 Å². The van der Waals surface area contributed by atoms with Crippen LogP contribution < -0.4 is 0 Å². The Morgan fingerprint density at radius 2 is 2.00 bits per heavy atom. The molecule has 126 valence electrons. The molecule has 0 radical (unpaired) electrons. The number of hydrogen-bond acceptors (Lipinski definition) is 2. The number of rotatable bonds is 1. The van der Waals surface area contributed by atoms with E-state index in [1.54, 1.807) is 6.08 Å². The second-order valence-electron chi connectivity index (χ2n) is 8.95. The van der Waals surface area contributed by atoms with Crippen LogP contribution in [0, 0.1) is 34.5 Å². The minimum absolute atomic E-state index is 0.0839. The molecule has 0 heterocycles. The van der Waals surface area contributed by atoms with Crippen molar-refractivity contribution in [3.63, 3.8) is 0 Å². The molecule has 23 heavy (non-hydrogen) atoms. The van der Waals surface area contributed by atoms with Gasteiger partial charge in [0.15, 0.2) is 5.78 Å². The molecule has 1 N–H and O–H groups in total. The first-order chi connectivity index (χ1) is 10.9. The highest BCUT2D eigenvalue weighted by Crippen LogP contribution is 2.65. The molecule has 0 aliphatic heterocycles. The van der Waals surface area contributed by atoms with Crippen molar-refractivity contribution in [1.29, 1.82) is 0 Å². The van der Waals surface area contributed by atoms with Crippen LogP contribution in [0.3, 0.4) is 0 Å². The Bertz CT molecular complexity index is 589. The smallest absolute Gasteiger partial charge is 0.158 e. The summed E-state index contributed by atoms with van der Waals surface area (Å²) in [6.07, 6.45) is 12.6. The van der Waals surface area contributed by atoms with E-state index in [-0.39, 0.29) is 11.2 Å². The highest BCUT2D eigenvalue weighted by molar-refractivity contribution is 5.93. The molecule has 0 aromatic rings. The molecular formula is C21H30O2. The van der Waals surface area contributed by atoms with E-state index in [0.717, 1.165) is 17.4 Å². The Balaban J connectivity index is 1.75. The lowest BCUT2D eigenvalue weighted by atomic mass is 9.48. The first kappa shape index (κ1) is 15.6. The SMILES string of the molecule is CC[C@H]1CC[C@H]2[C@@H]3C=CC4=CC(=O)CC(O)[C@]4(C)[C@H]3CC[C@]12C. The van der Waals surface area contributed by atoms with Crippen molar-refractivity contribution in [3.05, 3.63) is 23.8 Å². The van der Waals surface area contributed by atoms with Gasteiger partial charge in [0.25, 0.3) is 0 Å². The number of fused-ring (bicyclic) bond motifs is 5. The van der Waals surface area contributed by atoms with Crippen LogP contribution in [0.25, 0.3) is 0 Å². The topological polar surface area (TPSA) is 37.3 Å². The number of aliphatic hydroxyl groups is 1. The molecule has 4 aliphatic rings. The van der Waals surface area contributed by atoms with Gasteiger partial charge in [0, 0.05) is 11.8 Å². The molecule has 4 rings (SSSR count). The van der Waals surface area contributed by atoms with Crippen molar-refractivity contribution in [1.82, 2.24) is 0 Å². The minimum atomic E-state index is -0.514. The van der Waals surface area contributed by atoms with Gasteiger partial charge in [-0.25, -0.2) is 0 Å². The van der Waals surface area contributed by atoms with E-state index in [2.05, 4.69) is 32.9 Å². The molecule has 2 fully saturated rings. The second kappa shape index (κ2) is 5.05. The summed E-state index contributed by atoms with van der Waals surface area (Å²) >= 11 is 0. The standard InChI is InChI=1S/C21H30O2/c1-4-13-6-8-17-16-7-5-14-11-15(22)12-19(23)21(14,3)18(16)9-10-20(13,17)2/h5,7,11,13,16-19,23H,4,6,8-10,12H2,1-3H3/t13-,16-,17-,18-,19?,20+,21-/m0/s1. The zero-order valence-electron chi connectivity index (χ0n) is 14.7. The van der Waals surface area contributed by atoms with Crippen molar-refractivity contribution in [2.24, 2.45) is 34.5 Å². The van der Waals surface area contributed by atoms with Gasteiger partial charge in [-0.1, -0.05) is 39.3 Å². The lowest BCUT2D eigenvalue weighted by molar-refractivity contribution is -0.123. The van der Waals surface area contributed by atoms with Gasteiger partial charge in [0.05, 0.1) is 6.10 Å². The molecule has 0 aromatic carbocycles. The zero-order valence-corrected chi connectivity index (χ0v) is 14.7. The molecule has 7 atom stereocenters. The predicted octanol–water partition coefficient (Wildman–Crippen LogP) is 4.29. The number of allylic oxidation sites excluding steroid dienone is 3. The second-order valence-corrected chi connectivity index (χ2v) is 8.95. The molecule has 1 unspecified atom stereocenters. The van der Waals surface area contributed by atoms with Crippen molar-refractivity contribution in [2.75, 3.05) is 0 Å². The summed E-state index contributed by atoms with van der Waals surface area (Å²) in [6, 6.07) is 0. The molecule has 0 bridgehead atoms. The number of hydrogen-bond donors (Lipinski definition) is 1. The van der Waals surface area contributed by atoms with Gasteiger partial charge in [-0.15, -0.1) is 0 Å². The molecular weight excluding hydrogens is 284 g/mol. The Hall–Kier alpha value is -0.890. The predicted molar refractivity (Wildman–Crippen MR) is 91.8 cm³/mol. The molecule has 2 saturated carbocycles. The van der Waals surface area contributed by atoms with Crippen LogP contribution >= 0.6 is 0 Å². The Kier molecular flexibility index (Phi) is 3.43. The molecule has 0 saturated heterocycles. The molecule has 2 heteroatoms. The van der Waals surface area contributed by atoms with Gasteiger partial charge in [-0.3, -0.25) is 4.79 Å². The quantitative estimate of drug-likeness (QED) is 0.784. The average Bonchev–Trinajstić information content (AvgIpc) is 2.85. The first-order valence-electron chi connectivity index (χ1n) is 9.52. The molecule has 0 aromatic heterocycles. The van der Waals surface area contributed by atoms with Gasteiger partial charge in [-0.2, -0.15) is 0 Å². The van der Waals surface area contributed by atoms with E-state index in [0.29, 0.717) is 23.7 Å². The molecule has 0 amide bonds. The van der Waals surface area contributed by atoms with Crippen LogP contribution in [-0.4, -0.2) is 17.0 Å². The van der Waals surface area contributed by atoms with Crippen LogP contribution in [0.15, 0.2) is 23.8 Å². The Labute approximate surface area is 140 Å². The lowest BCUT2D eigenvalue weighted by Crippen LogP contribution is -2.53. The average molecular weight is 314 g/mol. The van der Waals surface area contributed by atoms with E-state index < -0.39 is 6.10 Å². The molecule has 2 nitrogen and oxygen atoms in total. The number of ketones is 1. The first-order valence-corrected chi connectivity index (χ1v) is 9.52. The zero-order chi connectivity index (χ0) is 16.4. The maximum Gasteiger partial charge on any atom is 0.158 e. The van der Waals surface area contributed by atoms with E-state index >= 15 is 0 Å². The Morgan fingerprint density at radius 3 is 2.74 bits per heavy atom. The summed E-state index contributed by atoms with van der Waals surface area (Å²) in [6.45, 7) is 7.09. The summed E-state index contributed by atoms with van der Waals surface area (Å²) in [5, 5.41) is 10.8. The van der Waals surface area contributed by atoms with Crippen LogP contribution in [0.1, 0.15) is 59.3 Å². The van der Waals surface area contributed by atoms with Crippen molar-refractivity contribution < 1.29 is 9.90 Å². The van der Waals surface area contributed by atoms with Crippen molar-refractivity contribution >= 4 is 5.78 Å². The number of carbonyl (C=O) groups is 1. The monoisotopic (exact) mass is 314 g/mol. The summed E-state index contributed by atoms with van der Waals surface area (Å²) in [4.78, 5) is 11.9. The van der Waals surface area contributed by atoms with Crippen LogP contribution in [-0.2, 0) is 4.79 Å². The van der Waals surface area contributed by atoms with Crippen LogP contribution in [0.2, 0.25) is 0 Å². The third kappa shape index (κ3) is 1.94. The summed E-state index contributed by atoms with van der Waals surface area (Å²) in [5.41, 5.74) is 1.34. The number of carbonyl (C=O) groups excluding carboxylic acids is 1. The highest BCUT2D eigenvalue weighted by atomic mass is 16.3. The normalized spacial score (nSPS) is 51.7. The Morgan fingerprint density at radius 1 is 1.22 bits per heavy atom. The fourth-order valence-electron chi connectivity index (χ4n) is 6.83. The van der Waals surface area contributed by atoms with Gasteiger partial charge < -0.3 is 5.11 Å². The summed E-state index contributed by atoms with van der Waals surface area (Å²) in [5.74, 6) is 2.78. The minimum Gasteiger partial charge on any atom is -0.392 e. The third-order valence-electron chi connectivity index (χ3n) is 8.32. The van der Waals surface area contributed by atoms with Gasteiger partial charge >= 0.3 is 0 Å². The van der Waals surface area contributed by atoms with Crippen molar-refractivity contribution in [2.45, 2.75) is 65.4 Å². The summed E-state index contributed by atoms with van der Waals surface area (Å²) in [7, 11) is 0. The van der Waals surface area contributed by atoms with Gasteiger partial charge in [-0.05, 0) is 66.4 Å². The fourth-order valence-corrected chi connectivity index (χ4v) is 6.83. The van der Waals surface area contributed by atoms with Gasteiger partial charge in [0.1, 0.15) is 0 Å². The molecule has 0 spiro atoms. The van der Waals surface area contributed by atoms with Crippen LogP contribution in [0.4, 0.5) is 0 Å². The van der Waals surface area contributed by atoms with E-state index in [1.807, 2.05) is 0 Å². The van der Waals surface area contributed by atoms with Gasteiger partial charge in [0.2, 0.25) is 0 Å². The van der Waals surface area contributed by atoms with E-state index in [9.17, 15) is 9.90 Å². The van der Waals surface area contributed by atoms with Crippen LogP contribution in [0.5, 0.6) is 0 Å².